The molecule has 0 amide bonds. The number of nitrogens with zero attached hydrogens (tertiary/aromatic N) is 8. The highest BCUT2D eigenvalue weighted by atomic mass is 32.1. The Morgan fingerprint density at radius 3 is 2.72 bits per heavy atom. The predicted molar refractivity (Wildman–Crippen MR) is 176 cm³/mol. The fourth-order valence-electron chi connectivity index (χ4n) is 9.50. The number of rotatable bonds is 4. The summed E-state index contributed by atoms with van der Waals surface area (Å²) in [5.41, 5.74) is 10.6. The maximum absolute atomic E-state index is 10.2. The number of aryl methyl sites for hydroxylation is 1. The molecule has 5 aliphatic rings. The van der Waals surface area contributed by atoms with Gasteiger partial charge in [0.15, 0.2) is 22.9 Å². The number of likely N-dealkylation sites (tertiary alicyclic amines) is 1. The normalized spacial score (nSPS) is 26.3. The van der Waals surface area contributed by atoms with Crippen LogP contribution in [0.3, 0.4) is 0 Å². The summed E-state index contributed by atoms with van der Waals surface area (Å²) >= 11 is 1.57. The molecule has 4 aromatic heterocycles. The first-order valence-corrected chi connectivity index (χ1v) is 17.8. The zero-order valence-electron chi connectivity index (χ0n) is 26.7. The van der Waals surface area contributed by atoms with Gasteiger partial charge in [0, 0.05) is 35.0 Å². The van der Waals surface area contributed by atoms with Gasteiger partial charge in [0.25, 0.3) is 0 Å². The van der Waals surface area contributed by atoms with Crippen LogP contribution in [0.2, 0.25) is 0 Å². The SMILES string of the molecule is C[C@@H]([C@@H]1CCCN1C)n1ncc2c(N3CCCC4(COC4)C3)nc(-c3noc4c3CCC[C@@]43CCCc4sc(N)c(C#N)c43)nc21. The smallest absolute Gasteiger partial charge is 0.186 e. The van der Waals surface area contributed by atoms with E-state index in [1.165, 1.54) is 17.7 Å². The molecule has 240 valence electrons. The highest BCUT2D eigenvalue weighted by molar-refractivity contribution is 7.16. The number of piperidine rings is 1. The third kappa shape index (κ3) is 4.07. The summed E-state index contributed by atoms with van der Waals surface area (Å²) in [6.45, 7) is 6.86. The van der Waals surface area contributed by atoms with E-state index in [4.69, 9.17) is 35.2 Å². The second kappa shape index (κ2) is 10.5. The van der Waals surface area contributed by atoms with Crippen molar-refractivity contribution in [2.45, 2.75) is 88.6 Å². The Morgan fingerprint density at radius 2 is 1.96 bits per heavy atom. The van der Waals surface area contributed by atoms with Gasteiger partial charge in [0.1, 0.15) is 16.9 Å². The van der Waals surface area contributed by atoms with Crippen LogP contribution in [0.1, 0.15) is 91.7 Å². The number of aromatic nitrogens is 5. The molecular formula is C34H41N9O2S. The van der Waals surface area contributed by atoms with Crippen LogP contribution in [0.5, 0.6) is 0 Å². The van der Waals surface area contributed by atoms with E-state index >= 15 is 0 Å². The highest BCUT2D eigenvalue weighted by Gasteiger charge is 2.49. The van der Waals surface area contributed by atoms with Crippen LogP contribution in [-0.2, 0) is 23.0 Å². The Kier molecular flexibility index (Phi) is 6.54. The van der Waals surface area contributed by atoms with E-state index in [-0.39, 0.29) is 16.9 Å². The minimum absolute atomic E-state index is 0.164. The van der Waals surface area contributed by atoms with Gasteiger partial charge in [0.2, 0.25) is 0 Å². The molecule has 2 spiro atoms. The van der Waals surface area contributed by atoms with Gasteiger partial charge in [-0.1, -0.05) is 5.16 Å². The summed E-state index contributed by atoms with van der Waals surface area (Å²) in [7, 11) is 2.21. The van der Waals surface area contributed by atoms with Gasteiger partial charge in [-0.2, -0.15) is 10.4 Å². The van der Waals surface area contributed by atoms with Crippen molar-refractivity contribution in [3.05, 3.63) is 33.5 Å². The molecule has 0 aromatic carbocycles. The molecule has 9 rings (SSSR count). The summed E-state index contributed by atoms with van der Waals surface area (Å²) in [6, 6.07) is 3.00. The summed E-state index contributed by atoms with van der Waals surface area (Å²) in [5.74, 6) is 2.42. The number of fused-ring (bicyclic) bond motifs is 5. The fourth-order valence-corrected chi connectivity index (χ4v) is 10.7. The number of nitriles is 1. The maximum Gasteiger partial charge on any atom is 0.186 e. The van der Waals surface area contributed by atoms with Crippen molar-refractivity contribution in [3.63, 3.8) is 0 Å². The number of nitrogens with two attached hydrogens (primary N) is 1. The molecule has 3 atom stereocenters. The number of hydrogen-bond donors (Lipinski definition) is 1. The minimum atomic E-state index is -0.384. The lowest BCUT2D eigenvalue weighted by molar-refractivity contribution is -0.117. The van der Waals surface area contributed by atoms with Gasteiger partial charge in [-0.25, -0.2) is 14.6 Å². The summed E-state index contributed by atoms with van der Waals surface area (Å²) < 4.78 is 14.2. The van der Waals surface area contributed by atoms with Crippen molar-refractivity contribution >= 4 is 33.2 Å². The van der Waals surface area contributed by atoms with Crippen molar-refractivity contribution in [1.29, 1.82) is 5.26 Å². The van der Waals surface area contributed by atoms with Crippen LogP contribution in [0.4, 0.5) is 10.8 Å². The lowest BCUT2D eigenvalue weighted by Crippen LogP contribution is -2.54. The quantitative estimate of drug-likeness (QED) is 0.316. The molecule has 11 nitrogen and oxygen atoms in total. The highest BCUT2D eigenvalue weighted by Crippen LogP contribution is 2.55. The van der Waals surface area contributed by atoms with E-state index in [0.717, 1.165) is 124 Å². The molecular weight excluding hydrogens is 599 g/mol. The molecule has 12 heteroatoms. The monoisotopic (exact) mass is 639 g/mol. The van der Waals surface area contributed by atoms with Crippen LogP contribution in [0.15, 0.2) is 10.7 Å². The topological polar surface area (TPSA) is 135 Å². The second-order valence-corrected chi connectivity index (χ2v) is 15.7. The molecule has 7 heterocycles. The molecule has 0 radical (unpaired) electrons. The van der Waals surface area contributed by atoms with Crippen molar-refractivity contribution in [3.8, 4) is 17.6 Å². The Labute approximate surface area is 272 Å². The number of likely N-dealkylation sites (N-methyl/N-ethyl adjacent to an activating group) is 1. The Balaban J connectivity index is 1.20. The first kappa shape index (κ1) is 28.7. The van der Waals surface area contributed by atoms with Crippen LogP contribution in [0.25, 0.3) is 22.6 Å². The van der Waals surface area contributed by atoms with Crippen LogP contribution in [0, 0.1) is 16.7 Å². The van der Waals surface area contributed by atoms with E-state index in [1.807, 2.05) is 6.20 Å². The Bertz CT molecular complexity index is 1880. The molecule has 46 heavy (non-hydrogen) atoms. The number of hydrogen-bond acceptors (Lipinski definition) is 11. The van der Waals surface area contributed by atoms with Crippen molar-refractivity contribution in [1.82, 2.24) is 29.8 Å². The van der Waals surface area contributed by atoms with E-state index in [0.29, 0.717) is 22.4 Å². The van der Waals surface area contributed by atoms with Gasteiger partial charge >= 0.3 is 0 Å². The number of thiophene rings is 1. The van der Waals surface area contributed by atoms with E-state index in [1.54, 1.807) is 11.3 Å². The van der Waals surface area contributed by atoms with Gasteiger partial charge in [-0.05, 0) is 90.3 Å². The number of ether oxygens (including phenoxy) is 1. The predicted octanol–water partition coefficient (Wildman–Crippen LogP) is 5.23. The molecule has 3 fully saturated rings. The molecule has 2 N–H and O–H groups in total. The lowest BCUT2D eigenvalue weighted by atomic mass is 9.63. The first-order chi connectivity index (χ1) is 22.4. The standard InChI is InChI=1S/C34H41N9O2S/c1-20(24-8-5-13-41(24)2)43-32-23(16-37-43)31(42-14-6-10-33(17-42)18-44-19-33)38-30(39-32)27-21-7-3-11-34(28(21)45-40-27)12-4-9-25-26(34)22(15-35)29(36)46-25/h16,20,24H,3-14,17-19,36H2,1-2H3/t20-,24-,34-/m0/s1. The van der Waals surface area contributed by atoms with E-state index in [9.17, 15) is 5.26 Å². The summed E-state index contributed by atoms with van der Waals surface area (Å²) in [4.78, 5) is 16.7. The van der Waals surface area contributed by atoms with Gasteiger partial charge in [0.05, 0.1) is 41.8 Å². The zero-order valence-corrected chi connectivity index (χ0v) is 27.5. The van der Waals surface area contributed by atoms with Crippen molar-refractivity contribution in [2.75, 3.05) is 50.5 Å². The molecule has 0 saturated carbocycles. The third-order valence-corrected chi connectivity index (χ3v) is 12.9. The Hall–Kier alpha value is -3.53. The van der Waals surface area contributed by atoms with Crippen molar-refractivity contribution < 1.29 is 9.26 Å². The minimum Gasteiger partial charge on any atom is -0.389 e. The zero-order chi connectivity index (χ0) is 31.2. The Morgan fingerprint density at radius 1 is 1.11 bits per heavy atom. The van der Waals surface area contributed by atoms with Gasteiger partial charge in [-0.3, -0.25) is 0 Å². The molecule has 0 bridgehead atoms. The molecule has 4 aromatic rings. The molecule has 3 aliphatic heterocycles. The van der Waals surface area contributed by atoms with Crippen molar-refractivity contribution in [2.24, 2.45) is 5.41 Å². The van der Waals surface area contributed by atoms with E-state index < -0.39 is 0 Å². The maximum atomic E-state index is 10.2. The second-order valence-electron chi connectivity index (χ2n) is 14.5. The summed E-state index contributed by atoms with van der Waals surface area (Å²) in [6.07, 6.45) is 12.3. The summed E-state index contributed by atoms with van der Waals surface area (Å²) in [5, 5.41) is 21.5. The molecule has 3 saturated heterocycles. The van der Waals surface area contributed by atoms with Crippen LogP contribution < -0.4 is 10.6 Å². The number of anilines is 2. The lowest BCUT2D eigenvalue weighted by Gasteiger charge is -2.48. The van der Waals surface area contributed by atoms with Gasteiger partial charge < -0.3 is 24.8 Å². The van der Waals surface area contributed by atoms with E-state index in [2.05, 4.69) is 34.5 Å². The van der Waals surface area contributed by atoms with Gasteiger partial charge in [-0.15, -0.1) is 11.3 Å². The third-order valence-electron chi connectivity index (χ3n) is 11.8. The largest absolute Gasteiger partial charge is 0.389 e. The van der Waals surface area contributed by atoms with Crippen LogP contribution >= 0.6 is 11.3 Å². The first-order valence-electron chi connectivity index (χ1n) is 17.0. The average Bonchev–Trinajstić information content (AvgIpc) is 3.85. The molecule has 0 unspecified atom stereocenters. The number of nitrogen functional groups attached to an aromatic ring is 1. The molecule has 2 aliphatic carbocycles. The average molecular weight is 640 g/mol. The van der Waals surface area contributed by atoms with Crippen LogP contribution in [-0.4, -0.2) is 75.7 Å². The fraction of sp³-hybridized carbons (Fsp3) is 0.618.